The number of likely N-dealkylation sites (tertiary alicyclic amines) is 1. The van der Waals surface area contributed by atoms with Crippen LogP contribution in [-0.2, 0) is 11.3 Å². The Labute approximate surface area is 137 Å². The summed E-state index contributed by atoms with van der Waals surface area (Å²) in [5.74, 6) is 0.836. The van der Waals surface area contributed by atoms with Crippen molar-refractivity contribution in [2.75, 3.05) is 13.1 Å². The summed E-state index contributed by atoms with van der Waals surface area (Å²) < 4.78 is 5.18. The summed E-state index contributed by atoms with van der Waals surface area (Å²) >= 11 is 0. The maximum Gasteiger partial charge on any atom is 0.254 e. The molecular weight excluding hydrogens is 294 g/mol. The summed E-state index contributed by atoms with van der Waals surface area (Å²) in [6.45, 7) is 5.81. The maximum absolute atomic E-state index is 12.4. The fourth-order valence-corrected chi connectivity index (χ4v) is 3.02. The lowest BCUT2D eigenvalue weighted by Gasteiger charge is -2.34. The summed E-state index contributed by atoms with van der Waals surface area (Å²) in [4.78, 5) is 26.5. The fraction of sp³-hybridized carbons (Fsp3) is 0.647. The average Bonchev–Trinajstić information content (AvgIpc) is 3.06. The Morgan fingerprint density at radius 1 is 1.35 bits per heavy atom. The summed E-state index contributed by atoms with van der Waals surface area (Å²) in [6, 6.07) is 1.77. The number of nitrogens with one attached hydrogen (secondary N) is 1. The molecule has 0 spiro atoms. The Morgan fingerprint density at radius 3 is 2.52 bits per heavy atom. The van der Waals surface area contributed by atoms with Crippen LogP contribution >= 0.6 is 0 Å². The van der Waals surface area contributed by atoms with Gasteiger partial charge in [-0.25, -0.2) is 0 Å². The third-order valence-corrected chi connectivity index (χ3v) is 4.59. The highest BCUT2D eigenvalue weighted by Gasteiger charge is 2.27. The summed E-state index contributed by atoms with van der Waals surface area (Å²) in [6.07, 6.45) is 4.79. The van der Waals surface area contributed by atoms with Gasteiger partial charge < -0.3 is 20.4 Å². The van der Waals surface area contributed by atoms with Gasteiger partial charge in [0.2, 0.25) is 5.91 Å². The van der Waals surface area contributed by atoms with Gasteiger partial charge in [-0.05, 0) is 31.7 Å². The van der Waals surface area contributed by atoms with E-state index in [1.54, 1.807) is 6.07 Å². The van der Waals surface area contributed by atoms with Crippen LogP contribution in [0.5, 0.6) is 0 Å². The van der Waals surface area contributed by atoms with Gasteiger partial charge in [0.05, 0.1) is 12.1 Å². The first-order valence-electron chi connectivity index (χ1n) is 8.46. The zero-order valence-electron chi connectivity index (χ0n) is 14.0. The standard InChI is InChI=1S/C17H27N3O3/c1-3-12(4-2)17(22)20-7-5-14(6-8-20)19-16(21)13-9-15(10-18)23-11-13/h9,11-12,14H,3-8,10,18H2,1-2H3,(H,19,21). The number of carbonyl (C=O) groups is 2. The summed E-state index contributed by atoms with van der Waals surface area (Å²) in [5, 5.41) is 3.01. The van der Waals surface area contributed by atoms with Crippen molar-refractivity contribution < 1.29 is 14.0 Å². The number of piperidine rings is 1. The van der Waals surface area contributed by atoms with E-state index < -0.39 is 0 Å². The van der Waals surface area contributed by atoms with Crippen molar-refractivity contribution in [1.82, 2.24) is 10.2 Å². The van der Waals surface area contributed by atoms with Crippen LogP contribution < -0.4 is 11.1 Å². The first-order chi connectivity index (χ1) is 11.1. The van der Waals surface area contributed by atoms with E-state index in [0.29, 0.717) is 24.4 Å². The van der Waals surface area contributed by atoms with Crippen molar-refractivity contribution >= 4 is 11.8 Å². The normalized spacial score (nSPS) is 15.9. The topological polar surface area (TPSA) is 88.6 Å². The molecule has 0 saturated carbocycles. The van der Waals surface area contributed by atoms with E-state index in [-0.39, 0.29) is 30.3 Å². The Balaban J connectivity index is 1.82. The number of hydrogen-bond donors (Lipinski definition) is 2. The van der Waals surface area contributed by atoms with Gasteiger partial charge in [-0.2, -0.15) is 0 Å². The fourth-order valence-electron chi connectivity index (χ4n) is 3.02. The molecule has 6 nitrogen and oxygen atoms in total. The smallest absolute Gasteiger partial charge is 0.254 e. The van der Waals surface area contributed by atoms with Crippen LogP contribution in [0.1, 0.15) is 55.6 Å². The van der Waals surface area contributed by atoms with Gasteiger partial charge in [0.1, 0.15) is 12.0 Å². The molecule has 1 aromatic heterocycles. The molecule has 0 atom stereocenters. The Hall–Kier alpha value is -1.82. The molecule has 128 valence electrons. The highest BCUT2D eigenvalue weighted by Crippen LogP contribution is 2.18. The van der Waals surface area contributed by atoms with Crippen molar-refractivity contribution in [3.63, 3.8) is 0 Å². The van der Waals surface area contributed by atoms with Crippen LogP contribution in [0.2, 0.25) is 0 Å². The van der Waals surface area contributed by atoms with Crippen LogP contribution in [0.15, 0.2) is 16.7 Å². The molecule has 6 heteroatoms. The number of rotatable bonds is 6. The number of amides is 2. The molecule has 0 unspecified atom stereocenters. The van der Waals surface area contributed by atoms with E-state index in [4.69, 9.17) is 10.2 Å². The SMILES string of the molecule is CCC(CC)C(=O)N1CCC(NC(=O)c2coc(CN)c2)CC1. The zero-order valence-corrected chi connectivity index (χ0v) is 14.0. The first kappa shape index (κ1) is 17.5. The molecular formula is C17H27N3O3. The van der Waals surface area contributed by atoms with Crippen LogP contribution in [0, 0.1) is 5.92 Å². The van der Waals surface area contributed by atoms with Crippen LogP contribution in [0.3, 0.4) is 0 Å². The highest BCUT2D eigenvalue weighted by atomic mass is 16.3. The maximum atomic E-state index is 12.4. The van der Waals surface area contributed by atoms with Crippen LogP contribution in [-0.4, -0.2) is 35.8 Å². The predicted octanol–water partition coefficient (Wildman–Crippen LogP) is 1.90. The third kappa shape index (κ3) is 4.34. The average molecular weight is 321 g/mol. The second kappa shape index (κ2) is 8.15. The molecule has 3 N–H and O–H groups in total. The van der Waals surface area contributed by atoms with E-state index >= 15 is 0 Å². The van der Waals surface area contributed by atoms with Gasteiger partial charge in [0.15, 0.2) is 0 Å². The van der Waals surface area contributed by atoms with E-state index in [1.165, 1.54) is 6.26 Å². The van der Waals surface area contributed by atoms with Gasteiger partial charge >= 0.3 is 0 Å². The Kier molecular flexibility index (Phi) is 6.21. The quantitative estimate of drug-likeness (QED) is 0.837. The van der Waals surface area contributed by atoms with Crippen molar-refractivity contribution in [2.45, 2.75) is 52.1 Å². The largest absolute Gasteiger partial charge is 0.467 e. The summed E-state index contributed by atoms with van der Waals surface area (Å²) in [5.41, 5.74) is 5.98. The van der Waals surface area contributed by atoms with Gasteiger partial charge in [-0.15, -0.1) is 0 Å². The second-order valence-corrected chi connectivity index (χ2v) is 6.09. The lowest BCUT2D eigenvalue weighted by molar-refractivity contribution is -0.136. The van der Waals surface area contributed by atoms with E-state index in [2.05, 4.69) is 19.2 Å². The molecule has 2 rings (SSSR count). The van der Waals surface area contributed by atoms with Crippen LogP contribution in [0.4, 0.5) is 0 Å². The van der Waals surface area contributed by atoms with E-state index in [1.807, 2.05) is 4.90 Å². The van der Waals surface area contributed by atoms with Crippen molar-refractivity contribution in [1.29, 1.82) is 0 Å². The Morgan fingerprint density at radius 2 is 2.00 bits per heavy atom. The van der Waals surface area contributed by atoms with Gasteiger partial charge in [-0.1, -0.05) is 13.8 Å². The molecule has 1 aliphatic rings. The Bertz CT molecular complexity index is 529. The van der Waals surface area contributed by atoms with Gasteiger partial charge in [0.25, 0.3) is 5.91 Å². The lowest BCUT2D eigenvalue weighted by atomic mass is 9.98. The highest BCUT2D eigenvalue weighted by molar-refractivity contribution is 5.94. The van der Waals surface area contributed by atoms with Crippen LogP contribution in [0.25, 0.3) is 0 Å². The van der Waals surface area contributed by atoms with Crippen molar-refractivity contribution in [2.24, 2.45) is 11.7 Å². The minimum Gasteiger partial charge on any atom is -0.467 e. The molecule has 23 heavy (non-hydrogen) atoms. The second-order valence-electron chi connectivity index (χ2n) is 6.09. The molecule has 2 amide bonds. The molecule has 1 saturated heterocycles. The van der Waals surface area contributed by atoms with Crippen molar-refractivity contribution in [3.05, 3.63) is 23.7 Å². The minimum atomic E-state index is -0.141. The molecule has 2 heterocycles. The van der Waals surface area contributed by atoms with E-state index in [9.17, 15) is 9.59 Å². The van der Waals surface area contributed by atoms with Crippen molar-refractivity contribution in [3.8, 4) is 0 Å². The molecule has 1 aliphatic heterocycles. The van der Waals surface area contributed by atoms with E-state index in [0.717, 1.165) is 25.7 Å². The first-order valence-corrected chi connectivity index (χ1v) is 8.46. The molecule has 0 radical (unpaired) electrons. The van der Waals surface area contributed by atoms with Gasteiger partial charge in [-0.3, -0.25) is 9.59 Å². The number of hydrogen-bond acceptors (Lipinski definition) is 4. The summed E-state index contributed by atoms with van der Waals surface area (Å²) in [7, 11) is 0. The number of furan rings is 1. The molecule has 1 fully saturated rings. The zero-order chi connectivity index (χ0) is 16.8. The lowest BCUT2D eigenvalue weighted by Crippen LogP contribution is -2.48. The number of nitrogens with zero attached hydrogens (tertiary/aromatic N) is 1. The molecule has 1 aromatic rings. The monoisotopic (exact) mass is 321 g/mol. The molecule has 0 bridgehead atoms. The predicted molar refractivity (Wildman–Crippen MR) is 87.7 cm³/mol. The molecule has 0 aliphatic carbocycles. The third-order valence-electron chi connectivity index (χ3n) is 4.59. The number of nitrogens with two attached hydrogens (primary N) is 1. The molecule has 0 aromatic carbocycles. The minimum absolute atomic E-state index is 0.101. The van der Waals surface area contributed by atoms with Gasteiger partial charge in [0, 0.05) is 25.0 Å². The number of carbonyl (C=O) groups excluding carboxylic acids is 2.